The second-order valence-corrected chi connectivity index (χ2v) is 8.86. The Morgan fingerprint density at radius 3 is 1.77 bits per heavy atom. The fourth-order valence-electron chi connectivity index (χ4n) is 2.88. The molecular formula is C21H41O8P. The number of unbranched alkanes of at least 4 members (excludes halogenated alkanes) is 10. The van der Waals surface area contributed by atoms with Gasteiger partial charge in [-0.25, -0.2) is 4.57 Å². The lowest BCUT2D eigenvalue weighted by atomic mass is 10.1. The van der Waals surface area contributed by atoms with Gasteiger partial charge < -0.3 is 19.3 Å². The maximum atomic E-state index is 12.0. The van der Waals surface area contributed by atoms with Crippen molar-refractivity contribution < 1.29 is 37.9 Å². The van der Waals surface area contributed by atoms with Gasteiger partial charge in [0.2, 0.25) is 0 Å². The van der Waals surface area contributed by atoms with Gasteiger partial charge >= 0.3 is 19.8 Å². The van der Waals surface area contributed by atoms with E-state index in [4.69, 9.17) is 19.3 Å². The van der Waals surface area contributed by atoms with Gasteiger partial charge in [-0.3, -0.25) is 14.1 Å². The third kappa shape index (κ3) is 20.3. The molecule has 0 aromatic rings. The van der Waals surface area contributed by atoms with Crippen LogP contribution >= 0.6 is 7.82 Å². The van der Waals surface area contributed by atoms with Gasteiger partial charge in [0.05, 0.1) is 6.61 Å². The Morgan fingerprint density at radius 1 is 0.733 bits per heavy atom. The second kappa shape index (κ2) is 18.8. The second-order valence-electron chi connectivity index (χ2n) is 7.62. The fourth-order valence-corrected chi connectivity index (χ4v) is 3.24. The number of esters is 2. The molecule has 0 radical (unpaired) electrons. The minimum atomic E-state index is -4.71. The molecule has 0 aromatic heterocycles. The van der Waals surface area contributed by atoms with Gasteiger partial charge in [0.1, 0.15) is 6.61 Å². The number of rotatable bonds is 20. The average molecular weight is 453 g/mol. The molecule has 0 aromatic carbocycles. The number of ether oxygens (including phenoxy) is 2. The third-order valence-corrected chi connectivity index (χ3v) is 5.11. The normalized spacial score (nSPS) is 12.5. The number of phosphoric acid groups is 1. The summed E-state index contributed by atoms with van der Waals surface area (Å²) < 4.78 is 25.5. The Labute approximate surface area is 181 Å². The molecule has 9 heteroatoms. The van der Waals surface area contributed by atoms with Crippen molar-refractivity contribution >= 4 is 19.8 Å². The third-order valence-electron chi connectivity index (χ3n) is 4.63. The van der Waals surface area contributed by atoms with Crippen molar-refractivity contribution in [3.63, 3.8) is 0 Å². The zero-order chi connectivity index (χ0) is 22.7. The SMILES string of the molecule is CCCCCCCCCCCCC(=O)OC(COC(=O)CCCC)COP(=O)(O)O. The van der Waals surface area contributed by atoms with E-state index in [1.807, 2.05) is 6.92 Å². The summed E-state index contributed by atoms with van der Waals surface area (Å²) in [4.78, 5) is 41.3. The molecule has 0 aliphatic carbocycles. The van der Waals surface area contributed by atoms with Crippen molar-refractivity contribution in [3.05, 3.63) is 0 Å². The van der Waals surface area contributed by atoms with E-state index in [0.717, 1.165) is 25.7 Å². The first-order chi connectivity index (χ1) is 14.3. The zero-order valence-electron chi connectivity index (χ0n) is 18.7. The van der Waals surface area contributed by atoms with Crippen LogP contribution in [0.3, 0.4) is 0 Å². The quantitative estimate of drug-likeness (QED) is 0.150. The van der Waals surface area contributed by atoms with E-state index in [9.17, 15) is 14.2 Å². The molecule has 0 saturated carbocycles. The van der Waals surface area contributed by atoms with Gasteiger partial charge in [0.15, 0.2) is 6.10 Å². The highest BCUT2D eigenvalue weighted by molar-refractivity contribution is 7.46. The number of hydrogen-bond acceptors (Lipinski definition) is 6. The average Bonchev–Trinajstić information content (AvgIpc) is 2.69. The molecule has 0 heterocycles. The molecule has 0 fully saturated rings. The van der Waals surface area contributed by atoms with Crippen LogP contribution in [0.1, 0.15) is 104 Å². The Balaban J connectivity index is 4.06. The summed E-state index contributed by atoms with van der Waals surface area (Å²) in [6, 6.07) is 0. The summed E-state index contributed by atoms with van der Waals surface area (Å²) in [5.41, 5.74) is 0. The van der Waals surface area contributed by atoms with Crippen LogP contribution in [0.5, 0.6) is 0 Å². The molecule has 1 atom stereocenters. The smallest absolute Gasteiger partial charge is 0.462 e. The molecule has 0 aliphatic rings. The molecule has 8 nitrogen and oxygen atoms in total. The van der Waals surface area contributed by atoms with E-state index in [0.29, 0.717) is 12.8 Å². The summed E-state index contributed by atoms with van der Waals surface area (Å²) in [6.45, 7) is 3.33. The standard InChI is InChI=1S/C21H41O8P/c1-3-5-7-8-9-10-11-12-13-14-16-21(23)29-19(18-28-30(24,25)26)17-27-20(22)15-6-4-2/h19H,3-18H2,1-2H3,(H2,24,25,26). The molecule has 0 amide bonds. The monoisotopic (exact) mass is 452 g/mol. The van der Waals surface area contributed by atoms with Gasteiger partial charge in [-0.05, 0) is 12.8 Å². The molecule has 0 aliphatic heterocycles. The Hall–Kier alpha value is -0.950. The molecular weight excluding hydrogens is 411 g/mol. The van der Waals surface area contributed by atoms with Crippen molar-refractivity contribution in [1.82, 2.24) is 0 Å². The highest BCUT2D eigenvalue weighted by Crippen LogP contribution is 2.35. The van der Waals surface area contributed by atoms with E-state index in [2.05, 4.69) is 11.4 Å². The van der Waals surface area contributed by atoms with Gasteiger partial charge in [0, 0.05) is 12.8 Å². The summed E-state index contributed by atoms with van der Waals surface area (Å²) in [5, 5.41) is 0. The van der Waals surface area contributed by atoms with Crippen LogP contribution < -0.4 is 0 Å². The Morgan fingerprint density at radius 2 is 1.23 bits per heavy atom. The molecule has 0 spiro atoms. The van der Waals surface area contributed by atoms with Crippen molar-refractivity contribution in [1.29, 1.82) is 0 Å². The summed E-state index contributed by atoms with van der Waals surface area (Å²) in [5.74, 6) is -0.928. The molecule has 1 unspecified atom stereocenters. The van der Waals surface area contributed by atoms with Crippen LogP contribution in [0, 0.1) is 0 Å². The van der Waals surface area contributed by atoms with Crippen molar-refractivity contribution in [2.24, 2.45) is 0 Å². The molecule has 0 saturated heterocycles. The molecule has 2 N–H and O–H groups in total. The van der Waals surface area contributed by atoms with Gasteiger partial charge in [0.25, 0.3) is 0 Å². The molecule has 30 heavy (non-hydrogen) atoms. The minimum Gasteiger partial charge on any atom is -0.462 e. The summed E-state index contributed by atoms with van der Waals surface area (Å²) in [7, 11) is -4.71. The highest BCUT2D eigenvalue weighted by atomic mass is 31.2. The zero-order valence-corrected chi connectivity index (χ0v) is 19.6. The first-order valence-corrected chi connectivity index (χ1v) is 12.9. The lowest BCUT2D eigenvalue weighted by Crippen LogP contribution is -2.29. The Bertz CT molecular complexity index is 491. The first kappa shape index (κ1) is 29.1. The molecule has 0 rings (SSSR count). The highest BCUT2D eigenvalue weighted by Gasteiger charge is 2.22. The van der Waals surface area contributed by atoms with Crippen LogP contribution in [0.4, 0.5) is 0 Å². The van der Waals surface area contributed by atoms with Crippen LogP contribution in [0.2, 0.25) is 0 Å². The Kier molecular flexibility index (Phi) is 18.2. The number of hydrogen-bond donors (Lipinski definition) is 2. The van der Waals surface area contributed by atoms with E-state index in [1.165, 1.54) is 38.5 Å². The van der Waals surface area contributed by atoms with Crippen molar-refractivity contribution in [3.8, 4) is 0 Å². The lowest BCUT2D eigenvalue weighted by Gasteiger charge is -2.18. The maximum Gasteiger partial charge on any atom is 0.469 e. The number of phosphoric ester groups is 1. The van der Waals surface area contributed by atoms with Gasteiger partial charge in [-0.2, -0.15) is 0 Å². The van der Waals surface area contributed by atoms with E-state index in [1.54, 1.807) is 0 Å². The first-order valence-electron chi connectivity index (χ1n) is 11.3. The largest absolute Gasteiger partial charge is 0.469 e. The van der Waals surface area contributed by atoms with Crippen molar-refractivity contribution in [2.75, 3.05) is 13.2 Å². The number of carbonyl (C=O) groups excluding carboxylic acids is 2. The predicted octanol–water partition coefficient (Wildman–Crippen LogP) is 5.05. The van der Waals surface area contributed by atoms with Crippen LogP contribution in [0.15, 0.2) is 0 Å². The van der Waals surface area contributed by atoms with E-state index in [-0.39, 0.29) is 19.4 Å². The van der Waals surface area contributed by atoms with E-state index < -0.39 is 32.5 Å². The van der Waals surface area contributed by atoms with Crippen LogP contribution in [-0.4, -0.2) is 41.0 Å². The maximum absolute atomic E-state index is 12.0. The fraction of sp³-hybridized carbons (Fsp3) is 0.905. The van der Waals surface area contributed by atoms with Crippen LogP contribution in [0.25, 0.3) is 0 Å². The molecule has 0 bridgehead atoms. The lowest BCUT2D eigenvalue weighted by molar-refractivity contribution is -0.161. The van der Waals surface area contributed by atoms with Gasteiger partial charge in [-0.1, -0.05) is 78.1 Å². The summed E-state index contributed by atoms with van der Waals surface area (Å²) >= 11 is 0. The topological polar surface area (TPSA) is 119 Å². The van der Waals surface area contributed by atoms with E-state index >= 15 is 0 Å². The van der Waals surface area contributed by atoms with Gasteiger partial charge in [-0.15, -0.1) is 0 Å². The predicted molar refractivity (Wildman–Crippen MR) is 115 cm³/mol. The summed E-state index contributed by atoms with van der Waals surface area (Å²) in [6.07, 6.45) is 12.4. The van der Waals surface area contributed by atoms with Crippen LogP contribution in [-0.2, 0) is 28.2 Å². The number of carbonyl (C=O) groups is 2. The van der Waals surface area contributed by atoms with Crippen molar-refractivity contribution in [2.45, 2.75) is 110 Å². The molecule has 178 valence electrons. The minimum absolute atomic E-state index is 0.215.